The maximum Gasteiger partial charge on any atom is 0.251 e. The average Bonchev–Trinajstić information content (AvgIpc) is 3.23. The van der Waals surface area contributed by atoms with Crippen LogP contribution < -0.4 is 15.4 Å². The molecule has 2 aromatic carbocycles. The Kier molecular flexibility index (Phi) is 4.57. The summed E-state index contributed by atoms with van der Waals surface area (Å²) in [6.45, 7) is 1.92. The molecule has 3 aromatic rings. The summed E-state index contributed by atoms with van der Waals surface area (Å²) >= 11 is 0. The third-order valence-corrected chi connectivity index (χ3v) is 4.81. The van der Waals surface area contributed by atoms with Gasteiger partial charge in [0.1, 0.15) is 17.6 Å². The molecule has 0 radical (unpaired) electrons. The van der Waals surface area contributed by atoms with E-state index in [0.29, 0.717) is 5.82 Å². The molecule has 2 N–H and O–H groups in total. The Hall–Kier alpha value is -3.61. The predicted molar refractivity (Wildman–Crippen MR) is 106 cm³/mol. The van der Waals surface area contributed by atoms with Crippen LogP contribution >= 0.6 is 0 Å². The van der Waals surface area contributed by atoms with Crippen molar-refractivity contribution >= 4 is 23.3 Å². The van der Waals surface area contributed by atoms with Crippen LogP contribution in [0.1, 0.15) is 18.0 Å². The van der Waals surface area contributed by atoms with Crippen molar-refractivity contribution in [2.45, 2.75) is 19.4 Å². The van der Waals surface area contributed by atoms with Gasteiger partial charge in [-0.05, 0) is 36.2 Å². The molecule has 0 bridgehead atoms. The molecule has 7 heteroatoms. The first-order chi connectivity index (χ1) is 13.6. The van der Waals surface area contributed by atoms with Gasteiger partial charge in [-0.15, -0.1) is 0 Å². The molecule has 0 saturated heterocycles. The number of amides is 2. The van der Waals surface area contributed by atoms with Crippen LogP contribution in [-0.2, 0) is 9.59 Å². The predicted octanol–water partition coefficient (Wildman–Crippen LogP) is 3.39. The van der Waals surface area contributed by atoms with Gasteiger partial charge >= 0.3 is 0 Å². The molecule has 1 aromatic heterocycles. The molecule has 0 saturated carbocycles. The lowest BCUT2D eigenvalue weighted by Gasteiger charge is -2.11. The molecule has 4 rings (SSSR count). The molecular formula is C21H20N4O3. The summed E-state index contributed by atoms with van der Waals surface area (Å²) in [5.74, 6) is 0.829. The third kappa shape index (κ3) is 3.22. The second-order valence-electron chi connectivity index (χ2n) is 6.66. The highest BCUT2D eigenvalue weighted by Gasteiger charge is 2.35. The van der Waals surface area contributed by atoms with Crippen LogP contribution in [0.15, 0.2) is 54.7 Å². The highest BCUT2D eigenvalue weighted by Crippen LogP contribution is 2.36. The minimum absolute atomic E-state index is 0.00635. The topological polar surface area (TPSA) is 85.2 Å². The highest BCUT2D eigenvalue weighted by atomic mass is 16.5. The molecule has 7 nitrogen and oxygen atoms in total. The molecule has 0 fully saturated rings. The van der Waals surface area contributed by atoms with E-state index in [-0.39, 0.29) is 18.2 Å². The fourth-order valence-electron chi connectivity index (χ4n) is 3.31. The molecule has 142 valence electrons. The first kappa shape index (κ1) is 17.8. The minimum atomic E-state index is -0.682. The number of benzene rings is 2. The number of aryl methyl sites for hydroxylation is 1. The number of nitrogens with zero attached hydrogens (tertiary/aromatic N) is 2. The lowest BCUT2D eigenvalue weighted by molar-refractivity contribution is -0.123. The van der Waals surface area contributed by atoms with Gasteiger partial charge in [-0.3, -0.25) is 9.59 Å². The van der Waals surface area contributed by atoms with Crippen molar-refractivity contribution in [2.24, 2.45) is 0 Å². The Morgan fingerprint density at radius 3 is 2.86 bits per heavy atom. The Bertz CT molecular complexity index is 1060. The minimum Gasteiger partial charge on any atom is -0.497 e. The monoisotopic (exact) mass is 376 g/mol. The van der Waals surface area contributed by atoms with E-state index >= 15 is 0 Å². The zero-order valence-electron chi connectivity index (χ0n) is 15.6. The first-order valence-corrected chi connectivity index (χ1v) is 8.95. The second-order valence-corrected chi connectivity index (χ2v) is 6.66. The van der Waals surface area contributed by atoms with Gasteiger partial charge in [0.05, 0.1) is 19.7 Å². The van der Waals surface area contributed by atoms with Crippen LogP contribution in [0, 0.1) is 6.92 Å². The van der Waals surface area contributed by atoms with E-state index in [2.05, 4.69) is 15.7 Å². The molecule has 1 unspecified atom stereocenters. The lowest BCUT2D eigenvalue weighted by atomic mass is 10.1. The number of anilines is 2. The summed E-state index contributed by atoms with van der Waals surface area (Å²) in [5, 5.41) is 10.1. The molecule has 28 heavy (non-hydrogen) atoms. The Morgan fingerprint density at radius 2 is 2.07 bits per heavy atom. The fraction of sp³-hybridized carbons (Fsp3) is 0.190. The van der Waals surface area contributed by atoms with E-state index < -0.39 is 6.04 Å². The maximum atomic E-state index is 12.5. The van der Waals surface area contributed by atoms with Crippen LogP contribution in [0.3, 0.4) is 0 Å². The van der Waals surface area contributed by atoms with Gasteiger partial charge in [0, 0.05) is 11.3 Å². The number of aromatic nitrogens is 2. The quantitative estimate of drug-likeness (QED) is 0.715. The molecule has 1 aliphatic heterocycles. The summed E-state index contributed by atoms with van der Waals surface area (Å²) in [5.41, 5.74) is 3.37. The number of carbonyl (C=O) groups is 2. The van der Waals surface area contributed by atoms with Crippen molar-refractivity contribution in [1.82, 2.24) is 9.78 Å². The van der Waals surface area contributed by atoms with Crippen molar-refractivity contribution < 1.29 is 14.3 Å². The molecule has 0 aliphatic carbocycles. The lowest BCUT2D eigenvalue weighted by Crippen LogP contribution is -2.23. The number of para-hydroxylation sites is 1. The molecule has 1 atom stereocenters. The van der Waals surface area contributed by atoms with Gasteiger partial charge in [-0.25, -0.2) is 4.68 Å². The maximum absolute atomic E-state index is 12.5. The Morgan fingerprint density at radius 1 is 1.25 bits per heavy atom. The molecule has 0 spiro atoms. The number of methoxy groups -OCH3 is 1. The number of rotatable bonds is 5. The summed E-state index contributed by atoms with van der Waals surface area (Å²) in [4.78, 5) is 25.0. The molecular weight excluding hydrogens is 356 g/mol. The van der Waals surface area contributed by atoms with Crippen LogP contribution in [0.4, 0.5) is 11.5 Å². The van der Waals surface area contributed by atoms with E-state index in [9.17, 15) is 9.59 Å². The number of fused-ring (bicyclic) bond motifs is 1. The summed E-state index contributed by atoms with van der Waals surface area (Å²) < 4.78 is 6.84. The van der Waals surface area contributed by atoms with Crippen molar-refractivity contribution in [2.75, 3.05) is 17.7 Å². The third-order valence-electron chi connectivity index (χ3n) is 4.81. The number of hydrogen-bond donors (Lipinski definition) is 2. The summed E-state index contributed by atoms with van der Waals surface area (Å²) in [6, 6.07) is 14.4. The number of hydrogen-bond acceptors (Lipinski definition) is 4. The van der Waals surface area contributed by atoms with Gasteiger partial charge in [-0.1, -0.05) is 30.3 Å². The highest BCUT2D eigenvalue weighted by molar-refractivity contribution is 6.04. The standard InChI is InChI=1S/C21H20N4O3/c1-13-6-3-4-9-17(13)23-19(26)11-18-21(27)24-20-16(12-22-25(18)20)14-7-5-8-15(10-14)28-2/h3-10,12,18H,11H2,1-2H3,(H,23,26)(H,24,27). The normalized spacial score (nSPS) is 15.1. The van der Waals surface area contributed by atoms with E-state index in [1.807, 2.05) is 55.5 Å². The molecule has 1 aliphatic rings. The van der Waals surface area contributed by atoms with Crippen molar-refractivity contribution in [3.63, 3.8) is 0 Å². The van der Waals surface area contributed by atoms with Gasteiger partial charge < -0.3 is 15.4 Å². The Labute approximate surface area is 162 Å². The second kappa shape index (κ2) is 7.19. The number of ether oxygens (including phenoxy) is 1. The summed E-state index contributed by atoms with van der Waals surface area (Å²) in [6.07, 6.45) is 1.70. The smallest absolute Gasteiger partial charge is 0.251 e. The molecule has 2 amide bonds. The van der Waals surface area contributed by atoms with E-state index in [1.165, 1.54) is 0 Å². The van der Waals surface area contributed by atoms with Gasteiger partial charge in [0.15, 0.2) is 0 Å². The first-order valence-electron chi connectivity index (χ1n) is 8.95. The van der Waals surface area contributed by atoms with Gasteiger partial charge in [-0.2, -0.15) is 5.10 Å². The average molecular weight is 376 g/mol. The van der Waals surface area contributed by atoms with Crippen LogP contribution in [0.5, 0.6) is 5.75 Å². The van der Waals surface area contributed by atoms with Crippen LogP contribution in [0.2, 0.25) is 0 Å². The molecule has 2 heterocycles. The summed E-state index contributed by atoms with van der Waals surface area (Å²) in [7, 11) is 1.60. The van der Waals surface area contributed by atoms with Gasteiger partial charge in [0.2, 0.25) is 5.91 Å². The van der Waals surface area contributed by atoms with Crippen molar-refractivity contribution in [3.05, 3.63) is 60.3 Å². The number of nitrogens with one attached hydrogen (secondary N) is 2. The largest absolute Gasteiger partial charge is 0.497 e. The van der Waals surface area contributed by atoms with E-state index in [0.717, 1.165) is 28.1 Å². The zero-order chi connectivity index (χ0) is 19.7. The fourth-order valence-corrected chi connectivity index (χ4v) is 3.31. The zero-order valence-corrected chi connectivity index (χ0v) is 15.6. The van der Waals surface area contributed by atoms with E-state index in [1.54, 1.807) is 18.0 Å². The van der Waals surface area contributed by atoms with Crippen molar-refractivity contribution in [3.8, 4) is 16.9 Å². The Balaban J connectivity index is 1.56. The van der Waals surface area contributed by atoms with Crippen molar-refractivity contribution in [1.29, 1.82) is 0 Å². The van der Waals surface area contributed by atoms with Crippen LogP contribution in [0.25, 0.3) is 11.1 Å². The SMILES string of the molecule is COc1cccc(-c2cnn3c2NC(=O)C3CC(=O)Nc2ccccc2C)c1. The number of carbonyl (C=O) groups excluding carboxylic acids is 2. The van der Waals surface area contributed by atoms with Gasteiger partial charge in [0.25, 0.3) is 5.91 Å². The van der Waals surface area contributed by atoms with Crippen LogP contribution in [-0.4, -0.2) is 28.7 Å². The van der Waals surface area contributed by atoms with E-state index in [4.69, 9.17) is 4.74 Å².